The minimum absolute atomic E-state index is 0.0979. The summed E-state index contributed by atoms with van der Waals surface area (Å²) in [4.78, 5) is 7.58. The van der Waals surface area contributed by atoms with Crippen molar-refractivity contribution in [3.63, 3.8) is 0 Å². The Bertz CT molecular complexity index is 878. The van der Waals surface area contributed by atoms with E-state index in [0.29, 0.717) is 0 Å². The molecule has 0 aliphatic heterocycles. The van der Waals surface area contributed by atoms with Crippen LogP contribution in [0.3, 0.4) is 0 Å². The van der Waals surface area contributed by atoms with Crippen molar-refractivity contribution in [1.82, 2.24) is 9.97 Å². The van der Waals surface area contributed by atoms with E-state index in [0.717, 1.165) is 42.8 Å². The molecule has 0 radical (unpaired) electrons. The maximum absolute atomic E-state index is 13.2. The molecular weight excluding hydrogens is 301 g/mol. The second-order valence-electron chi connectivity index (χ2n) is 5.94. The van der Waals surface area contributed by atoms with E-state index < -0.39 is 11.7 Å². The number of benzene rings is 2. The van der Waals surface area contributed by atoms with Gasteiger partial charge in [0.25, 0.3) is 0 Å². The number of halogens is 3. The van der Waals surface area contributed by atoms with Gasteiger partial charge in [0.2, 0.25) is 0 Å². The summed E-state index contributed by atoms with van der Waals surface area (Å²) >= 11 is 0. The van der Waals surface area contributed by atoms with Gasteiger partial charge in [0.05, 0.1) is 16.6 Å². The smallest absolute Gasteiger partial charge is 0.338 e. The van der Waals surface area contributed by atoms with Crippen molar-refractivity contribution in [3.8, 4) is 11.4 Å². The monoisotopic (exact) mass is 316 g/mol. The SMILES string of the molecule is FC(F)(F)c1ccccc1-c1nc2c3c(ccc2[nH]1)CCCC3. The molecule has 0 unspecified atom stereocenters. The van der Waals surface area contributed by atoms with Crippen LogP contribution in [0.4, 0.5) is 13.2 Å². The van der Waals surface area contributed by atoms with Crippen LogP contribution in [0.1, 0.15) is 29.5 Å². The third-order valence-electron chi connectivity index (χ3n) is 4.47. The lowest BCUT2D eigenvalue weighted by Gasteiger charge is -2.15. The molecule has 5 heteroatoms. The molecule has 0 bridgehead atoms. The molecule has 0 saturated carbocycles. The van der Waals surface area contributed by atoms with Gasteiger partial charge in [-0.05, 0) is 48.9 Å². The first-order valence-electron chi connectivity index (χ1n) is 7.71. The predicted molar refractivity (Wildman–Crippen MR) is 83.2 cm³/mol. The van der Waals surface area contributed by atoms with E-state index in [4.69, 9.17) is 0 Å². The van der Waals surface area contributed by atoms with Crippen LogP contribution in [0.5, 0.6) is 0 Å². The highest BCUT2D eigenvalue weighted by atomic mass is 19.4. The van der Waals surface area contributed by atoms with Crippen LogP contribution in [0.15, 0.2) is 36.4 Å². The fraction of sp³-hybridized carbons (Fsp3) is 0.278. The van der Waals surface area contributed by atoms with Gasteiger partial charge < -0.3 is 4.98 Å². The van der Waals surface area contributed by atoms with E-state index in [1.54, 1.807) is 6.07 Å². The number of hydrogen-bond acceptors (Lipinski definition) is 1. The number of aromatic amines is 1. The van der Waals surface area contributed by atoms with Crippen LogP contribution in [-0.2, 0) is 19.0 Å². The Balaban J connectivity index is 1.91. The summed E-state index contributed by atoms with van der Waals surface area (Å²) in [7, 11) is 0. The standard InChI is InChI=1S/C18H15F3N2/c19-18(20,21)14-8-4-3-7-13(14)17-22-15-10-9-11-5-1-2-6-12(11)16(15)23-17/h3-4,7-10H,1-2,5-6H2,(H,22,23). The summed E-state index contributed by atoms with van der Waals surface area (Å²) < 4.78 is 39.7. The van der Waals surface area contributed by atoms with Crippen LogP contribution >= 0.6 is 0 Å². The maximum atomic E-state index is 13.2. The van der Waals surface area contributed by atoms with Gasteiger partial charge in [-0.1, -0.05) is 24.3 Å². The van der Waals surface area contributed by atoms with E-state index in [2.05, 4.69) is 16.0 Å². The number of nitrogens with one attached hydrogen (secondary N) is 1. The van der Waals surface area contributed by atoms with Crippen LogP contribution in [0.2, 0.25) is 0 Å². The first kappa shape index (κ1) is 14.3. The van der Waals surface area contributed by atoms with E-state index in [1.807, 2.05) is 6.07 Å². The first-order chi connectivity index (χ1) is 11.0. The molecule has 0 saturated heterocycles. The van der Waals surface area contributed by atoms with Gasteiger partial charge in [0.15, 0.2) is 0 Å². The molecule has 1 heterocycles. The highest BCUT2D eigenvalue weighted by molar-refractivity contribution is 5.84. The van der Waals surface area contributed by atoms with Gasteiger partial charge in [-0.2, -0.15) is 13.2 Å². The molecular formula is C18H15F3N2. The van der Waals surface area contributed by atoms with Gasteiger partial charge in [-0.3, -0.25) is 0 Å². The Morgan fingerprint density at radius 2 is 1.74 bits per heavy atom. The third-order valence-corrected chi connectivity index (χ3v) is 4.47. The van der Waals surface area contributed by atoms with Crippen LogP contribution < -0.4 is 0 Å². The Hall–Kier alpha value is -2.30. The summed E-state index contributed by atoms with van der Waals surface area (Å²) in [6.07, 6.45) is -0.167. The second-order valence-corrected chi connectivity index (χ2v) is 5.94. The number of alkyl halides is 3. The van der Waals surface area contributed by atoms with E-state index >= 15 is 0 Å². The predicted octanol–water partition coefficient (Wildman–Crippen LogP) is 5.13. The lowest BCUT2D eigenvalue weighted by Crippen LogP contribution is -2.07. The molecule has 1 aliphatic rings. The first-order valence-corrected chi connectivity index (χ1v) is 7.71. The van der Waals surface area contributed by atoms with Crippen LogP contribution in [0, 0.1) is 0 Å². The number of hydrogen-bond donors (Lipinski definition) is 1. The van der Waals surface area contributed by atoms with E-state index in [-0.39, 0.29) is 11.4 Å². The molecule has 0 fully saturated rings. The second kappa shape index (κ2) is 5.11. The van der Waals surface area contributed by atoms with Crippen molar-refractivity contribution in [2.45, 2.75) is 31.9 Å². The van der Waals surface area contributed by atoms with Gasteiger partial charge in [0, 0.05) is 5.56 Å². The molecule has 0 atom stereocenters. The molecule has 4 rings (SSSR count). The molecule has 0 amide bonds. The fourth-order valence-electron chi connectivity index (χ4n) is 3.37. The lowest BCUT2D eigenvalue weighted by molar-refractivity contribution is -0.137. The van der Waals surface area contributed by atoms with Crippen LogP contribution in [0.25, 0.3) is 22.4 Å². The van der Waals surface area contributed by atoms with Crippen molar-refractivity contribution in [1.29, 1.82) is 0 Å². The molecule has 1 N–H and O–H groups in total. The summed E-state index contributed by atoms with van der Waals surface area (Å²) in [5.74, 6) is 0.284. The number of imidazole rings is 1. The molecule has 2 aromatic carbocycles. The average Bonchev–Trinajstić information content (AvgIpc) is 2.98. The zero-order valence-corrected chi connectivity index (χ0v) is 12.4. The summed E-state index contributed by atoms with van der Waals surface area (Å²) in [5, 5.41) is 0. The Morgan fingerprint density at radius 1 is 0.957 bits per heavy atom. The quantitative estimate of drug-likeness (QED) is 0.662. The highest BCUT2D eigenvalue weighted by Gasteiger charge is 2.34. The van der Waals surface area contributed by atoms with Gasteiger partial charge in [0.1, 0.15) is 5.82 Å². The molecule has 0 spiro atoms. The largest absolute Gasteiger partial charge is 0.417 e. The molecule has 1 aliphatic carbocycles. The maximum Gasteiger partial charge on any atom is 0.417 e. The zero-order chi connectivity index (χ0) is 16.0. The summed E-state index contributed by atoms with van der Waals surface area (Å²) in [5.41, 5.74) is 3.51. The Labute approximate surface area is 131 Å². The van der Waals surface area contributed by atoms with Gasteiger partial charge in [-0.15, -0.1) is 0 Å². The number of rotatable bonds is 1. The van der Waals surface area contributed by atoms with Crippen molar-refractivity contribution in [2.75, 3.05) is 0 Å². The Kier molecular flexibility index (Phi) is 3.18. The molecule has 118 valence electrons. The third kappa shape index (κ3) is 2.40. The van der Waals surface area contributed by atoms with E-state index in [9.17, 15) is 13.2 Å². The molecule has 23 heavy (non-hydrogen) atoms. The average molecular weight is 316 g/mol. The number of aromatic nitrogens is 2. The minimum atomic E-state index is -4.39. The molecule has 3 aromatic rings. The number of aryl methyl sites for hydroxylation is 2. The topological polar surface area (TPSA) is 28.7 Å². The van der Waals surface area contributed by atoms with Crippen molar-refractivity contribution >= 4 is 11.0 Å². The molecule has 1 aromatic heterocycles. The fourth-order valence-corrected chi connectivity index (χ4v) is 3.37. The van der Waals surface area contributed by atoms with E-state index in [1.165, 1.54) is 23.3 Å². The Morgan fingerprint density at radius 3 is 2.57 bits per heavy atom. The van der Waals surface area contributed by atoms with Crippen LogP contribution in [-0.4, -0.2) is 9.97 Å². The molecule has 2 nitrogen and oxygen atoms in total. The highest BCUT2D eigenvalue weighted by Crippen LogP contribution is 2.37. The number of fused-ring (bicyclic) bond motifs is 3. The lowest BCUT2D eigenvalue weighted by atomic mass is 9.91. The van der Waals surface area contributed by atoms with Crippen molar-refractivity contribution in [3.05, 3.63) is 53.1 Å². The summed E-state index contributed by atoms with van der Waals surface area (Å²) in [6, 6.07) is 9.55. The minimum Gasteiger partial charge on any atom is -0.338 e. The summed E-state index contributed by atoms with van der Waals surface area (Å²) in [6.45, 7) is 0. The normalized spacial score (nSPS) is 14.9. The van der Waals surface area contributed by atoms with Crippen molar-refractivity contribution in [2.24, 2.45) is 0 Å². The number of nitrogens with zero attached hydrogens (tertiary/aromatic N) is 1. The van der Waals surface area contributed by atoms with Gasteiger partial charge >= 0.3 is 6.18 Å². The van der Waals surface area contributed by atoms with Crippen molar-refractivity contribution < 1.29 is 13.2 Å². The van der Waals surface area contributed by atoms with Gasteiger partial charge in [-0.25, -0.2) is 4.98 Å². The number of H-pyrrole nitrogens is 1. The zero-order valence-electron chi connectivity index (χ0n) is 12.4.